The Kier molecular flexibility index (Phi) is 5.85. The van der Waals surface area contributed by atoms with Crippen molar-refractivity contribution in [3.05, 3.63) is 53.0 Å². The van der Waals surface area contributed by atoms with E-state index in [1.165, 1.54) is 11.1 Å². The Morgan fingerprint density at radius 3 is 2.77 bits per heavy atom. The molecule has 1 aromatic carbocycles. The highest BCUT2D eigenvalue weighted by Gasteiger charge is 2.29. The van der Waals surface area contributed by atoms with Crippen molar-refractivity contribution in [2.75, 3.05) is 38.2 Å². The van der Waals surface area contributed by atoms with Gasteiger partial charge in [-0.15, -0.1) is 0 Å². The van der Waals surface area contributed by atoms with E-state index in [1.54, 1.807) is 6.07 Å². The number of amides is 1. The van der Waals surface area contributed by atoms with Crippen LogP contribution in [-0.4, -0.2) is 70.9 Å². The van der Waals surface area contributed by atoms with Gasteiger partial charge in [-0.05, 0) is 30.4 Å². The molecule has 0 bridgehead atoms. The number of rotatable bonds is 8. The lowest BCUT2D eigenvalue weighted by Crippen LogP contribution is -2.42. The van der Waals surface area contributed by atoms with Crippen LogP contribution in [0.2, 0.25) is 0 Å². The monoisotopic (exact) mass is 423 g/mol. The van der Waals surface area contributed by atoms with Crippen LogP contribution in [0.25, 0.3) is 0 Å². The summed E-state index contributed by atoms with van der Waals surface area (Å²) in [5.74, 6) is 1.46. The van der Waals surface area contributed by atoms with Crippen molar-refractivity contribution in [2.24, 2.45) is 0 Å². The molecule has 1 unspecified atom stereocenters. The minimum atomic E-state index is -0.635. The fourth-order valence-corrected chi connectivity index (χ4v) is 4.08. The van der Waals surface area contributed by atoms with Gasteiger partial charge in [0.05, 0.1) is 25.4 Å². The molecule has 8 nitrogen and oxygen atoms in total. The number of nitrogens with zero attached hydrogens (tertiary/aromatic N) is 3. The highest BCUT2D eigenvalue weighted by Crippen LogP contribution is 2.38. The Morgan fingerprint density at radius 1 is 1.23 bits per heavy atom. The zero-order valence-corrected chi connectivity index (χ0v) is 17.6. The van der Waals surface area contributed by atoms with E-state index in [1.807, 2.05) is 0 Å². The number of fused-ring (bicyclic) bond motifs is 1. The molecule has 1 saturated carbocycles. The lowest BCUT2D eigenvalue weighted by atomic mass is 10.00. The zero-order chi connectivity index (χ0) is 21.2. The Bertz CT molecular complexity index is 945. The number of nitrogens with one attached hydrogen (secondary N) is 2. The van der Waals surface area contributed by atoms with Gasteiger partial charge in [0.1, 0.15) is 17.3 Å². The molecule has 0 spiro atoms. The van der Waals surface area contributed by atoms with Gasteiger partial charge in [0.15, 0.2) is 0 Å². The normalized spacial score (nSPS) is 19.9. The Labute approximate surface area is 182 Å². The number of carbonyl (C=O) groups excluding carboxylic acids is 1. The van der Waals surface area contributed by atoms with Gasteiger partial charge in [-0.1, -0.05) is 24.3 Å². The van der Waals surface area contributed by atoms with Crippen molar-refractivity contribution < 1.29 is 14.6 Å². The first kappa shape index (κ1) is 20.4. The predicted octanol–water partition coefficient (Wildman–Crippen LogP) is 1.31. The van der Waals surface area contributed by atoms with Crippen molar-refractivity contribution in [3.63, 3.8) is 0 Å². The number of β-amino-alcohol motifs (C(OH)–C–C–N with tert-alkyl or cyclic N) is 1. The van der Waals surface area contributed by atoms with Crippen LogP contribution in [0.4, 0.5) is 5.82 Å². The molecule has 31 heavy (non-hydrogen) atoms. The summed E-state index contributed by atoms with van der Waals surface area (Å²) in [6, 6.07) is 10.4. The van der Waals surface area contributed by atoms with Crippen LogP contribution in [0.3, 0.4) is 0 Å². The molecule has 164 valence electrons. The smallest absolute Gasteiger partial charge is 0.270 e. The molecule has 1 aromatic heterocycles. The van der Waals surface area contributed by atoms with E-state index in [2.05, 4.69) is 49.8 Å². The van der Waals surface area contributed by atoms with Crippen LogP contribution in [0.15, 0.2) is 30.3 Å². The van der Waals surface area contributed by atoms with E-state index in [0.29, 0.717) is 37.2 Å². The van der Waals surface area contributed by atoms with Crippen LogP contribution in [-0.2, 0) is 17.7 Å². The van der Waals surface area contributed by atoms with Gasteiger partial charge in [-0.3, -0.25) is 9.69 Å². The topological polar surface area (TPSA) is 99.6 Å². The zero-order valence-electron chi connectivity index (χ0n) is 17.6. The lowest BCUT2D eigenvalue weighted by Gasteiger charge is -2.30. The van der Waals surface area contributed by atoms with Gasteiger partial charge in [0, 0.05) is 38.2 Å². The molecule has 3 heterocycles. The number of hydrogen-bond donors (Lipinski definition) is 3. The number of aliphatic hydroxyl groups is 1. The highest BCUT2D eigenvalue weighted by atomic mass is 16.5. The molecular weight excluding hydrogens is 394 g/mol. The van der Waals surface area contributed by atoms with Gasteiger partial charge in [0.25, 0.3) is 5.91 Å². The summed E-state index contributed by atoms with van der Waals surface area (Å²) in [6.45, 7) is 3.77. The van der Waals surface area contributed by atoms with Crippen molar-refractivity contribution in [2.45, 2.75) is 43.9 Å². The fraction of sp³-hybridized carbons (Fsp3) is 0.522. The first-order valence-electron chi connectivity index (χ1n) is 11.1. The third kappa shape index (κ3) is 5.03. The lowest BCUT2D eigenvalue weighted by molar-refractivity contribution is 0.0209. The second-order valence-corrected chi connectivity index (χ2v) is 8.77. The molecule has 2 fully saturated rings. The first-order chi connectivity index (χ1) is 15.1. The molecule has 5 rings (SSSR count). The maximum atomic E-state index is 12.7. The molecule has 1 amide bonds. The maximum absolute atomic E-state index is 12.7. The second kappa shape index (κ2) is 8.90. The van der Waals surface area contributed by atoms with Crippen molar-refractivity contribution in [1.29, 1.82) is 0 Å². The SMILES string of the molecule is O=C(NCC(O)CN1CCc2ccccc2C1)c1cc(NC2COC2)nc(C2CC2)n1. The number of anilines is 1. The minimum absolute atomic E-state index is 0.193. The average molecular weight is 424 g/mol. The van der Waals surface area contributed by atoms with Crippen molar-refractivity contribution in [3.8, 4) is 0 Å². The van der Waals surface area contributed by atoms with Gasteiger partial charge in [0.2, 0.25) is 0 Å². The molecule has 2 aliphatic heterocycles. The third-order valence-corrected chi connectivity index (χ3v) is 6.09. The van der Waals surface area contributed by atoms with Crippen LogP contribution in [0, 0.1) is 0 Å². The van der Waals surface area contributed by atoms with Crippen molar-refractivity contribution in [1.82, 2.24) is 20.2 Å². The summed E-state index contributed by atoms with van der Waals surface area (Å²) < 4.78 is 5.20. The highest BCUT2D eigenvalue weighted by molar-refractivity contribution is 5.93. The molecule has 2 aromatic rings. The molecule has 1 saturated heterocycles. The summed E-state index contributed by atoms with van der Waals surface area (Å²) in [5.41, 5.74) is 3.05. The molecule has 0 radical (unpaired) electrons. The number of benzene rings is 1. The number of aliphatic hydroxyl groups excluding tert-OH is 1. The Hall–Kier alpha value is -2.55. The molecule has 3 N–H and O–H groups in total. The number of hydrogen-bond acceptors (Lipinski definition) is 7. The summed E-state index contributed by atoms with van der Waals surface area (Å²) in [7, 11) is 0. The molecular formula is C23H29N5O3. The van der Waals surface area contributed by atoms with E-state index in [4.69, 9.17) is 4.74 Å². The van der Waals surface area contributed by atoms with E-state index in [-0.39, 0.29) is 18.5 Å². The Morgan fingerprint density at radius 2 is 2.03 bits per heavy atom. The predicted molar refractivity (Wildman–Crippen MR) is 116 cm³/mol. The fourth-order valence-electron chi connectivity index (χ4n) is 4.08. The van der Waals surface area contributed by atoms with Crippen molar-refractivity contribution >= 4 is 11.7 Å². The van der Waals surface area contributed by atoms with Gasteiger partial charge in [-0.2, -0.15) is 0 Å². The molecule has 1 atom stereocenters. The van der Waals surface area contributed by atoms with Gasteiger partial charge >= 0.3 is 0 Å². The summed E-state index contributed by atoms with van der Waals surface area (Å²) in [6.07, 6.45) is 2.48. The summed E-state index contributed by atoms with van der Waals surface area (Å²) in [4.78, 5) is 24.0. The van der Waals surface area contributed by atoms with Crippen LogP contribution in [0.1, 0.15) is 46.2 Å². The van der Waals surface area contributed by atoms with Gasteiger partial charge in [-0.25, -0.2) is 9.97 Å². The Balaban J connectivity index is 1.16. The second-order valence-electron chi connectivity index (χ2n) is 8.77. The quantitative estimate of drug-likeness (QED) is 0.589. The van der Waals surface area contributed by atoms with E-state index in [0.717, 1.165) is 38.2 Å². The van der Waals surface area contributed by atoms with Crippen LogP contribution >= 0.6 is 0 Å². The van der Waals surface area contributed by atoms with E-state index >= 15 is 0 Å². The number of ether oxygens (including phenoxy) is 1. The van der Waals surface area contributed by atoms with Crippen LogP contribution < -0.4 is 10.6 Å². The molecule has 1 aliphatic carbocycles. The van der Waals surface area contributed by atoms with Crippen LogP contribution in [0.5, 0.6) is 0 Å². The summed E-state index contributed by atoms with van der Waals surface area (Å²) in [5, 5.41) is 16.7. The largest absolute Gasteiger partial charge is 0.390 e. The number of aromatic nitrogens is 2. The maximum Gasteiger partial charge on any atom is 0.270 e. The number of carbonyl (C=O) groups is 1. The van der Waals surface area contributed by atoms with E-state index < -0.39 is 6.10 Å². The molecule has 3 aliphatic rings. The standard InChI is InChI=1S/C23H29N5O3/c29-19(12-28-8-7-15-3-1-2-4-17(15)11-28)10-24-23(30)20-9-21(25-18-13-31-14-18)27-22(26-20)16-5-6-16/h1-4,9,16,18-19,29H,5-8,10-14H2,(H,24,30)(H,25,26,27). The average Bonchev–Trinajstić information content (AvgIpc) is 3.60. The molecule has 8 heteroatoms. The minimum Gasteiger partial charge on any atom is -0.390 e. The third-order valence-electron chi connectivity index (χ3n) is 6.09. The summed E-state index contributed by atoms with van der Waals surface area (Å²) >= 11 is 0. The van der Waals surface area contributed by atoms with E-state index in [9.17, 15) is 9.90 Å². The van der Waals surface area contributed by atoms with Gasteiger partial charge < -0.3 is 20.5 Å². The first-order valence-corrected chi connectivity index (χ1v) is 11.1.